The van der Waals surface area contributed by atoms with Crippen molar-refractivity contribution >= 4 is 27.4 Å². The van der Waals surface area contributed by atoms with Crippen molar-refractivity contribution in [1.29, 1.82) is 0 Å². The summed E-state index contributed by atoms with van der Waals surface area (Å²) >= 11 is 0.616. The lowest BCUT2D eigenvalue weighted by molar-refractivity contribution is -0.380. The summed E-state index contributed by atoms with van der Waals surface area (Å²) in [6.07, 6.45) is 0.961. The number of aromatic nitrogens is 1. The zero-order valence-corrected chi connectivity index (χ0v) is 9.91. The van der Waals surface area contributed by atoms with Crippen molar-refractivity contribution in [3.63, 3.8) is 0 Å². The number of benzene rings is 1. The van der Waals surface area contributed by atoms with Crippen molar-refractivity contribution in [2.75, 3.05) is 5.32 Å². The Kier molecular flexibility index (Phi) is 3.47. The number of nitro groups is 1. The number of amides is 1. The van der Waals surface area contributed by atoms with Gasteiger partial charge in [-0.3, -0.25) is 20.2 Å². The molecule has 9 heteroatoms. The number of carbonyl (C=O) groups excluding carboxylic acids is 1. The van der Waals surface area contributed by atoms with Gasteiger partial charge in [-0.15, -0.1) is 0 Å². The third kappa shape index (κ3) is 2.71. The molecule has 2 rings (SSSR count). The minimum absolute atomic E-state index is 0.0691. The lowest BCUT2D eigenvalue weighted by Crippen LogP contribution is -2.14. The minimum atomic E-state index is -1.29. The zero-order chi connectivity index (χ0) is 14.0. The second-order valence-corrected chi connectivity index (χ2v) is 4.33. The maximum absolute atomic E-state index is 13.3. The average molecular weight is 285 g/mol. The quantitative estimate of drug-likeness (QED) is 0.693. The van der Waals surface area contributed by atoms with E-state index in [4.69, 9.17) is 0 Å². The first-order chi connectivity index (χ1) is 8.99. The lowest BCUT2D eigenvalue weighted by atomic mass is 10.2. The van der Waals surface area contributed by atoms with Crippen LogP contribution in [0.3, 0.4) is 0 Å². The Bertz CT molecular complexity index is 659. The van der Waals surface area contributed by atoms with Crippen molar-refractivity contribution < 1.29 is 18.5 Å². The van der Waals surface area contributed by atoms with Crippen LogP contribution < -0.4 is 5.32 Å². The summed E-state index contributed by atoms with van der Waals surface area (Å²) in [5.41, 5.74) is -0.502. The highest BCUT2D eigenvalue weighted by atomic mass is 32.1. The van der Waals surface area contributed by atoms with Gasteiger partial charge in [0, 0.05) is 0 Å². The van der Waals surface area contributed by atoms with Crippen LogP contribution in [0, 0.1) is 21.7 Å². The SMILES string of the molecule is O=C(Nc1ncc([N+](=O)[O-])s1)c1cccc(F)c1F. The standard InChI is InChI=1S/C10H5F2N3O3S/c11-6-3-1-2-5(8(6)12)9(16)14-10-13-4-7(19-10)15(17)18/h1-4H,(H,13,14,16). The summed E-state index contributed by atoms with van der Waals surface area (Å²) in [6, 6.07) is 3.15. The van der Waals surface area contributed by atoms with E-state index in [9.17, 15) is 23.7 Å². The molecule has 1 N–H and O–H groups in total. The van der Waals surface area contributed by atoms with E-state index >= 15 is 0 Å². The zero-order valence-electron chi connectivity index (χ0n) is 9.09. The Balaban J connectivity index is 2.21. The van der Waals surface area contributed by atoms with Gasteiger partial charge in [0.15, 0.2) is 16.8 Å². The molecule has 1 aromatic heterocycles. The van der Waals surface area contributed by atoms with Crippen LogP contribution in [0.1, 0.15) is 10.4 Å². The molecule has 0 radical (unpaired) electrons. The highest BCUT2D eigenvalue weighted by Gasteiger charge is 2.18. The molecular formula is C10H5F2N3O3S. The molecular weight excluding hydrogens is 280 g/mol. The van der Waals surface area contributed by atoms with E-state index in [0.29, 0.717) is 11.3 Å². The maximum Gasteiger partial charge on any atom is 0.345 e. The molecule has 1 amide bonds. The van der Waals surface area contributed by atoms with Gasteiger partial charge in [-0.25, -0.2) is 13.8 Å². The van der Waals surface area contributed by atoms with E-state index in [1.165, 1.54) is 6.07 Å². The fourth-order valence-electron chi connectivity index (χ4n) is 1.25. The largest absolute Gasteiger partial charge is 0.345 e. The first kappa shape index (κ1) is 13.0. The van der Waals surface area contributed by atoms with Crippen molar-refractivity contribution in [3.8, 4) is 0 Å². The number of nitrogens with one attached hydrogen (secondary N) is 1. The van der Waals surface area contributed by atoms with E-state index in [0.717, 1.165) is 18.3 Å². The molecule has 0 bridgehead atoms. The van der Waals surface area contributed by atoms with Crippen LogP contribution in [0.5, 0.6) is 0 Å². The molecule has 1 aromatic carbocycles. The first-order valence-electron chi connectivity index (χ1n) is 4.84. The molecule has 0 aliphatic heterocycles. The normalized spacial score (nSPS) is 10.2. The van der Waals surface area contributed by atoms with Gasteiger partial charge in [-0.2, -0.15) is 0 Å². The molecule has 0 saturated heterocycles. The van der Waals surface area contributed by atoms with E-state index in [1.54, 1.807) is 0 Å². The van der Waals surface area contributed by atoms with Gasteiger partial charge in [0.25, 0.3) is 5.91 Å². The molecule has 2 aromatic rings. The Morgan fingerprint density at radius 3 is 2.79 bits per heavy atom. The second-order valence-electron chi connectivity index (χ2n) is 3.32. The van der Waals surface area contributed by atoms with Crippen LogP contribution in [-0.4, -0.2) is 15.8 Å². The molecule has 0 aliphatic carbocycles. The molecule has 1 heterocycles. The van der Waals surface area contributed by atoms with E-state index in [-0.39, 0.29) is 10.1 Å². The molecule has 6 nitrogen and oxygen atoms in total. The summed E-state index contributed by atoms with van der Waals surface area (Å²) in [4.78, 5) is 25.0. The molecule has 0 saturated carbocycles. The Hall–Kier alpha value is -2.42. The maximum atomic E-state index is 13.3. The number of hydrogen-bond acceptors (Lipinski definition) is 5. The predicted molar refractivity (Wildman–Crippen MR) is 63.1 cm³/mol. The average Bonchev–Trinajstić information content (AvgIpc) is 2.81. The monoisotopic (exact) mass is 285 g/mol. The van der Waals surface area contributed by atoms with Crippen LogP contribution in [0.4, 0.5) is 18.9 Å². The molecule has 0 aliphatic rings. The minimum Gasteiger partial charge on any atom is -0.298 e. The van der Waals surface area contributed by atoms with Crippen molar-refractivity contribution in [1.82, 2.24) is 4.98 Å². The van der Waals surface area contributed by atoms with Crippen LogP contribution in [0.25, 0.3) is 0 Å². The molecule has 98 valence electrons. The number of thiazole rings is 1. The van der Waals surface area contributed by atoms with Gasteiger partial charge < -0.3 is 0 Å². The fourth-order valence-corrected chi connectivity index (χ4v) is 1.88. The topological polar surface area (TPSA) is 85.1 Å². The molecule has 0 unspecified atom stereocenters. The molecule has 0 atom stereocenters. The van der Waals surface area contributed by atoms with Crippen LogP contribution >= 0.6 is 11.3 Å². The summed E-state index contributed by atoms with van der Waals surface area (Å²) in [5, 5.41) is 12.2. The first-order valence-corrected chi connectivity index (χ1v) is 5.66. The van der Waals surface area contributed by atoms with Crippen LogP contribution in [-0.2, 0) is 0 Å². The Labute approximate surface area is 108 Å². The van der Waals surface area contributed by atoms with Gasteiger partial charge in [0.1, 0.15) is 6.20 Å². The van der Waals surface area contributed by atoms with E-state index in [2.05, 4.69) is 10.3 Å². The predicted octanol–water partition coefficient (Wildman–Crippen LogP) is 2.58. The highest BCUT2D eigenvalue weighted by molar-refractivity contribution is 7.18. The summed E-state index contributed by atoms with van der Waals surface area (Å²) in [6.45, 7) is 0. The highest BCUT2D eigenvalue weighted by Crippen LogP contribution is 2.25. The van der Waals surface area contributed by atoms with E-state index < -0.39 is 28.0 Å². The third-order valence-electron chi connectivity index (χ3n) is 2.09. The Morgan fingerprint density at radius 1 is 1.42 bits per heavy atom. The van der Waals surface area contributed by atoms with Gasteiger partial charge in [0.2, 0.25) is 0 Å². The van der Waals surface area contributed by atoms with Gasteiger partial charge in [-0.05, 0) is 23.5 Å². The van der Waals surface area contributed by atoms with Crippen molar-refractivity contribution in [2.45, 2.75) is 0 Å². The van der Waals surface area contributed by atoms with Gasteiger partial charge in [0.05, 0.1) is 10.5 Å². The third-order valence-corrected chi connectivity index (χ3v) is 2.95. The molecule has 0 spiro atoms. The number of nitrogens with zero attached hydrogens (tertiary/aromatic N) is 2. The number of rotatable bonds is 3. The van der Waals surface area contributed by atoms with Crippen LogP contribution in [0.2, 0.25) is 0 Å². The van der Waals surface area contributed by atoms with Gasteiger partial charge >= 0.3 is 5.00 Å². The summed E-state index contributed by atoms with van der Waals surface area (Å²) in [5.74, 6) is -3.37. The smallest absolute Gasteiger partial charge is 0.298 e. The number of hydrogen-bond donors (Lipinski definition) is 1. The van der Waals surface area contributed by atoms with Crippen molar-refractivity contribution in [2.24, 2.45) is 0 Å². The number of carbonyl (C=O) groups is 1. The van der Waals surface area contributed by atoms with Crippen LogP contribution in [0.15, 0.2) is 24.4 Å². The number of anilines is 1. The molecule has 0 fully saturated rings. The van der Waals surface area contributed by atoms with Gasteiger partial charge in [-0.1, -0.05) is 6.07 Å². The van der Waals surface area contributed by atoms with Crippen molar-refractivity contribution in [3.05, 3.63) is 51.7 Å². The second kappa shape index (κ2) is 5.06. The summed E-state index contributed by atoms with van der Waals surface area (Å²) < 4.78 is 26.3. The van der Waals surface area contributed by atoms with E-state index in [1.807, 2.05) is 0 Å². The Morgan fingerprint density at radius 2 is 2.16 bits per heavy atom. The summed E-state index contributed by atoms with van der Waals surface area (Å²) in [7, 11) is 0. The number of halogens is 2. The fraction of sp³-hybridized carbons (Fsp3) is 0. The lowest BCUT2D eigenvalue weighted by Gasteiger charge is -2.02. The molecule has 19 heavy (non-hydrogen) atoms.